The Morgan fingerprint density at radius 1 is 1.18 bits per heavy atom. The van der Waals surface area contributed by atoms with Crippen molar-refractivity contribution in [3.05, 3.63) is 51.5 Å². The van der Waals surface area contributed by atoms with Gasteiger partial charge in [-0.25, -0.2) is 4.98 Å². The molecule has 0 spiro atoms. The van der Waals surface area contributed by atoms with Gasteiger partial charge in [0.15, 0.2) is 0 Å². The summed E-state index contributed by atoms with van der Waals surface area (Å²) in [4.78, 5) is 4.40. The van der Waals surface area contributed by atoms with E-state index in [0.29, 0.717) is 17.8 Å². The van der Waals surface area contributed by atoms with Crippen LogP contribution >= 0.6 is 34.5 Å². The van der Waals surface area contributed by atoms with Gasteiger partial charge in [-0.05, 0) is 73.5 Å². The maximum Gasteiger partial charge on any atom is 0.0924 e. The number of aliphatic hydroxyl groups is 1. The minimum Gasteiger partial charge on any atom is -0.388 e. The monoisotopic (exact) mass is 437 g/mol. The lowest BCUT2D eigenvalue weighted by atomic mass is 9.76. The summed E-state index contributed by atoms with van der Waals surface area (Å²) in [6.45, 7) is 2.24. The van der Waals surface area contributed by atoms with Gasteiger partial charge < -0.3 is 5.11 Å². The van der Waals surface area contributed by atoms with Gasteiger partial charge in [0.05, 0.1) is 11.1 Å². The van der Waals surface area contributed by atoms with Gasteiger partial charge >= 0.3 is 0 Å². The molecule has 28 heavy (non-hydrogen) atoms. The zero-order valence-electron chi connectivity index (χ0n) is 16.4. The number of hydrogen-bond acceptors (Lipinski definition) is 3. The molecular formula is C23H29Cl2NOS. The van der Waals surface area contributed by atoms with E-state index in [4.69, 9.17) is 23.2 Å². The third-order valence-electron chi connectivity index (χ3n) is 6.75. The normalized spacial score (nSPS) is 32.4. The second-order valence-corrected chi connectivity index (χ2v) is 10.5. The van der Waals surface area contributed by atoms with Crippen molar-refractivity contribution >= 4 is 34.5 Å². The summed E-state index contributed by atoms with van der Waals surface area (Å²) in [6.07, 6.45) is 8.68. The maximum absolute atomic E-state index is 10.4. The van der Waals surface area contributed by atoms with Crippen LogP contribution in [0.25, 0.3) is 0 Å². The molecule has 152 valence electrons. The van der Waals surface area contributed by atoms with Crippen LogP contribution in [0.2, 0.25) is 0 Å². The molecule has 1 N–H and O–H groups in total. The first-order chi connectivity index (χ1) is 13.6. The Hall–Kier alpha value is -0.610. The molecule has 6 atom stereocenters. The molecule has 0 bridgehead atoms. The number of alkyl halides is 2. The second kappa shape index (κ2) is 9.04. The van der Waals surface area contributed by atoms with Crippen LogP contribution in [0.15, 0.2) is 29.8 Å². The van der Waals surface area contributed by atoms with Crippen LogP contribution in [0, 0.1) is 5.92 Å². The number of halogens is 2. The first-order valence-corrected chi connectivity index (χ1v) is 12.3. The van der Waals surface area contributed by atoms with Crippen LogP contribution in [-0.4, -0.2) is 20.8 Å². The molecule has 1 fully saturated rings. The molecule has 2 aromatic rings. The molecule has 5 heteroatoms. The van der Waals surface area contributed by atoms with Gasteiger partial charge in [0.1, 0.15) is 0 Å². The fraction of sp³-hybridized carbons (Fsp3) is 0.609. The van der Waals surface area contributed by atoms with Crippen LogP contribution < -0.4 is 0 Å². The van der Waals surface area contributed by atoms with E-state index >= 15 is 0 Å². The zero-order valence-corrected chi connectivity index (χ0v) is 18.7. The Balaban J connectivity index is 1.55. The first kappa shape index (κ1) is 20.7. The van der Waals surface area contributed by atoms with Crippen molar-refractivity contribution < 1.29 is 5.11 Å². The van der Waals surface area contributed by atoms with Crippen molar-refractivity contribution in [1.29, 1.82) is 0 Å². The molecule has 1 saturated carbocycles. The summed E-state index contributed by atoms with van der Waals surface area (Å²) in [7, 11) is 0. The van der Waals surface area contributed by atoms with Gasteiger partial charge in [-0.1, -0.05) is 25.1 Å². The van der Waals surface area contributed by atoms with E-state index in [0.717, 1.165) is 50.5 Å². The Labute approximate surface area is 182 Å². The smallest absolute Gasteiger partial charge is 0.0924 e. The van der Waals surface area contributed by atoms with Crippen LogP contribution in [0.3, 0.4) is 0 Å². The predicted octanol–water partition coefficient (Wildman–Crippen LogP) is 6.81. The fourth-order valence-electron chi connectivity index (χ4n) is 5.26. The molecule has 4 rings (SSSR count). The quantitative estimate of drug-likeness (QED) is 0.503. The number of benzene rings is 1. The molecule has 2 aliphatic rings. The lowest BCUT2D eigenvalue weighted by Gasteiger charge is -2.31. The van der Waals surface area contributed by atoms with E-state index in [1.807, 2.05) is 11.6 Å². The van der Waals surface area contributed by atoms with Crippen LogP contribution in [0.5, 0.6) is 0 Å². The van der Waals surface area contributed by atoms with Crippen molar-refractivity contribution in [2.24, 2.45) is 5.92 Å². The van der Waals surface area contributed by atoms with E-state index < -0.39 is 0 Å². The molecule has 0 aliphatic heterocycles. The number of rotatable bonds is 6. The third-order valence-corrected chi connectivity index (χ3v) is 8.54. The first-order valence-electron chi connectivity index (χ1n) is 10.6. The highest BCUT2D eigenvalue weighted by molar-refractivity contribution is 7.09. The molecule has 0 radical (unpaired) electrons. The summed E-state index contributed by atoms with van der Waals surface area (Å²) in [6, 6.07) is 6.69. The Kier molecular flexibility index (Phi) is 6.67. The highest BCUT2D eigenvalue weighted by atomic mass is 35.5. The van der Waals surface area contributed by atoms with Crippen molar-refractivity contribution in [3.8, 4) is 0 Å². The SMILES string of the molecule is CCC1CCC(O)c2ccc(C3C(Cl)CC(Cl)C3CCCc3nccs3)cc21. The van der Waals surface area contributed by atoms with Gasteiger partial charge in [0, 0.05) is 28.2 Å². The van der Waals surface area contributed by atoms with Gasteiger partial charge in [0.25, 0.3) is 0 Å². The standard InChI is InChI=1S/C23H29Cl2NOS/c1-2-14-7-9-21(27)16-8-6-15(12-18(14)16)23-17(19(24)13-20(23)25)4-3-5-22-26-10-11-28-22/h6,8,10-12,14,17,19-21,23,27H,2-5,7,9,13H2,1H3. The van der Waals surface area contributed by atoms with Crippen LogP contribution in [-0.2, 0) is 6.42 Å². The minimum atomic E-state index is -0.322. The summed E-state index contributed by atoms with van der Waals surface area (Å²) >= 11 is 15.3. The highest BCUT2D eigenvalue weighted by Crippen LogP contribution is 2.49. The van der Waals surface area contributed by atoms with E-state index in [9.17, 15) is 5.11 Å². The Morgan fingerprint density at radius 3 is 2.79 bits per heavy atom. The second-order valence-electron chi connectivity index (χ2n) is 8.36. The zero-order chi connectivity index (χ0) is 19.7. The number of aryl methyl sites for hydroxylation is 1. The molecule has 1 aromatic heterocycles. The molecular weight excluding hydrogens is 409 g/mol. The Bertz CT molecular complexity index is 781. The van der Waals surface area contributed by atoms with Crippen molar-refractivity contribution in [2.75, 3.05) is 0 Å². The lowest BCUT2D eigenvalue weighted by molar-refractivity contribution is 0.150. The fourth-order valence-corrected chi connectivity index (χ4v) is 7.02. The Morgan fingerprint density at radius 2 is 2.04 bits per heavy atom. The largest absolute Gasteiger partial charge is 0.388 e. The van der Waals surface area contributed by atoms with Gasteiger partial charge in [-0.2, -0.15) is 0 Å². The summed E-state index contributed by atoms with van der Waals surface area (Å²) < 4.78 is 0. The van der Waals surface area contributed by atoms with Gasteiger partial charge in [0.2, 0.25) is 0 Å². The van der Waals surface area contributed by atoms with Crippen LogP contribution in [0.1, 0.15) is 85.1 Å². The number of aliphatic hydroxyl groups excluding tert-OH is 1. The number of thiazole rings is 1. The topological polar surface area (TPSA) is 33.1 Å². The highest BCUT2D eigenvalue weighted by Gasteiger charge is 2.42. The third kappa shape index (κ3) is 4.14. The van der Waals surface area contributed by atoms with E-state index in [1.165, 1.54) is 16.1 Å². The molecule has 0 amide bonds. The van der Waals surface area contributed by atoms with E-state index in [2.05, 4.69) is 30.1 Å². The van der Waals surface area contributed by atoms with Gasteiger partial charge in [-0.15, -0.1) is 34.5 Å². The molecule has 1 heterocycles. The summed E-state index contributed by atoms with van der Waals surface area (Å²) in [5.74, 6) is 1.24. The predicted molar refractivity (Wildman–Crippen MR) is 119 cm³/mol. The molecule has 2 aliphatic carbocycles. The minimum absolute atomic E-state index is 0.0824. The van der Waals surface area contributed by atoms with Crippen molar-refractivity contribution in [1.82, 2.24) is 4.98 Å². The average Bonchev–Trinajstić information content (AvgIpc) is 3.30. The maximum atomic E-state index is 10.4. The van der Waals surface area contributed by atoms with Gasteiger partial charge in [-0.3, -0.25) is 0 Å². The average molecular weight is 438 g/mol. The van der Waals surface area contributed by atoms with Crippen LogP contribution in [0.4, 0.5) is 0 Å². The summed E-state index contributed by atoms with van der Waals surface area (Å²) in [5.41, 5.74) is 3.77. The molecule has 2 nitrogen and oxygen atoms in total. The van der Waals surface area contributed by atoms with Crippen molar-refractivity contribution in [2.45, 2.75) is 80.6 Å². The van der Waals surface area contributed by atoms with E-state index in [-0.39, 0.29) is 16.9 Å². The molecule has 6 unspecified atom stereocenters. The molecule has 1 aromatic carbocycles. The molecule has 0 saturated heterocycles. The summed E-state index contributed by atoms with van der Waals surface area (Å²) in [5, 5.41) is 13.9. The number of fused-ring (bicyclic) bond motifs is 1. The van der Waals surface area contributed by atoms with E-state index in [1.54, 1.807) is 11.3 Å². The number of hydrogen-bond donors (Lipinski definition) is 1. The number of nitrogens with zero attached hydrogens (tertiary/aromatic N) is 1. The number of aromatic nitrogens is 1. The van der Waals surface area contributed by atoms with Crippen molar-refractivity contribution in [3.63, 3.8) is 0 Å². The lowest BCUT2D eigenvalue weighted by Crippen LogP contribution is -2.19.